The first-order valence-corrected chi connectivity index (χ1v) is 13.8. The number of halogens is 1. The predicted molar refractivity (Wildman–Crippen MR) is 148 cm³/mol. The van der Waals surface area contributed by atoms with Crippen molar-refractivity contribution in [3.05, 3.63) is 130 Å². The van der Waals surface area contributed by atoms with Gasteiger partial charge in [0.1, 0.15) is 0 Å². The van der Waals surface area contributed by atoms with Gasteiger partial charge in [0.05, 0.1) is 17.1 Å². The van der Waals surface area contributed by atoms with Crippen LogP contribution in [0, 0.1) is 6.92 Å². The predicted octanol–water partition coefficient (Wildman–Crippen LogP) is 4.99. The summed E-state index contributed by atoms with van der Waals surface area (Å²) in [5.74, 6) is -1.74. The summed E-state index contributed by atoms with van der Waals surface area (Å²) in [6.07, 6.45) is 1.59. The third-order valence-corrected chi connectivity index (χ3v) is 8.08. The van der Waals surface area contributed by atoms with Crippen molar-refractivity contribution in [1.82, 2.24) is 14.6 Å². The van der Waals surface area contributed by atoms with E-state index in [2.05, 4.69) is 10.3 Å². The lowest BCUT2D eigenvalue weighted by molar-refractivity contribution is -0.139. The van der Waals surface area contributed by atoms with Crippen molar-refractivity contribution in [1.29, 1.82) is 0 Å². The SMILES string of the molecule is Cc1ccc(C(NC(=O)c2ccc(CN(Cc3ccccn3)S(=O)(=O)c3ccc(Cl)cc3)cc2)C(=O)O)cc1. The highest BCUT2D eigenvalue weighted by Gasteiger charge is 2.26. The highest BCUT2D eigenvalue weighted by molar-refractivity contribution is 7.89. The molecule has 10 heteroatoms. The molecule has 39 heavy (non-hydrogen) atoms. The quantitative estimate of drug-likeness (QED) is 0.281. The van der Waals surface area contributed by atoms with Crippen LogP contribution < -0.4 is 5.32 Å². The summed E-state index contributed by atoms with van der Waals surface area (Å²) < 4.78 is 28.3. The third-order valence-electron chi connectivity index (χ3n) is 6.02. The Kier molecular flexibility index (Phi) is 8.75. The Morgan fingerprint density at radius 3 is 2.18 bits per heavy atom. The van der Waals surface area contributed by atoms with Crippen LogP contribution in [-0.2, 0) is 27.9 Å². The minimum Gasteiger partial charge on any atom is -0.479 e. The van der Waals surface area contributed by atoms with Crippen molar-refractivity contribution in [2.75, 3.05) is 0 Å². The number of hydrogen-bond donors (Lipinski definition) is 2. The van der Waals surface area contributed by atoms with Crippen LogP contribution in [0.4, 0.5) is 0 Å². The number of carboxylic acids is 1. The number of rotatable bonds is 10. The lowest BCUT2D eigenvalue weighted by Gasteiger charge is -2.22. The van der Waals surface area contributed by atoms with Gasteiger partial charge in [-0.3, -0.25) is 9.78 Å². The zero-order valence-electron chi connectivity index (χ0n) is 21.0. The largest absolute Gasteiger partial charge is 0.479 e. The Hall–Kier alpha value is -4.05. The number of pyridine rings is 1. The van der Waals surface area contributed by atoms with Crippen molar-refractivity contribution in [3.8, 4) is 0 Å². The Labute approximate surface area is 232 Å². The summed E-state index contributed by atoms with van der Waals surface area (Å²) in [4.78, 5) is 29.0. The summed E-state index contributed by atoms with van der Waals surface area (Å²) in [7, 11) is -3.91. The molecule has 0 radical (unpaired) electrons. The van der Waals surface area contributed by atoms with E-state index in [0.717, 1.165) is 5.56 Å². The molecule has 1 amide bonds. The van der Waals surface area contributed by atoms with Crippen molar-refractivity contribution >= 4 is 33.5 Å². The van der Waals surface area contributed by atoms with Gasteiger partial charge in [-0.1, -0.05) is 59.6 Å². The van der Waals surface area contributed by atoms with E-state index >= 15 is 0 Å². The van der Waals surface area contributed by atoms with E-state index in [9.17, 15) is 23.1 Å². The number of benzene rings is 3. The molecule has 0 bridgehead atoms. The van der Waals surface area contributed by atoms with E-state index in [-0.39, 0.29) is 23.5 Å². The van der Waals surface area contributed by atoms with E-state index in [1.165, 1.54) is 40.7 Å². The van der Waals surface area contributed by atoms with Gasteiger partial charge < -0.3 is 10.4 Å². The van der Waals surface area contributed by atoms with Gasteiger partial charge >= 0.3 is 5.97 Å². The van der Waals surface area contributed by atoms with Crippen LogP contribution in [0.2, 0.25) is 5.02 Å². The lowest BCUT2D eigenvalue weighted by Crippen LogP contribution is -2.33. The number of carboxylic acid groups (broad SMARTS) is 1. The van der Waals surface area contributed by atoms with Gasteiger partial charge in [0.25, 0.3) is 5.91 Å². The standard InChI is InChI=1S/C29H26ClN3O5S/c1-20-5-9-22(10-6-20)27(29(35)36)32-28(34)23-11-7-21(8-12-23)18-33(19-25-4-2-3-17-31-25)39(37,38)26-15-13-24(30)14-16-26/h2-17,27H,18-19H2,1H3,(H,32,34)(H,35,36). The summed E-state index contributed by atoms with van der Waals surface area (Å²) in [6.45, 7) is 1.94. The summed E-state index contributed by atoms with van der Waals surface area (Å²) in [5, 5.41) is 12.6. The van der Waals surface area contributed by atoms with E-state index < -0.39 is 27.9 Å². The molecule has 2 N–H and O–H groups in total. The molecule has 4 rings (SSSR count). The van der Waals surface area contributed by atoms with Gasteiger partial charge in [-0.2, -0.15) is 4.31 Å². The Morgan fingerprint density at radius 1 is 0.923 bits per heavy atom. The first kappa shape index (κ1) is 28.0. The number of nitrogens with zero attached hydrogens (tertiary/aromatic N) is 2. The maximum absolute atomic E-state index is 13.5. The van der Waals surface area contributed by atoms with Gasteiger partial charge in [-0.05, 0) is 66.6 Å². The van der Waals surface area contributed by atoms with E-state index in [1.807, 2.05) is 6.92 Å². The van der Waals surface area contributed by atoms with Gasteiger partial charge in [0.15, 0.2) is 6.04 Å². The molecule has 8 nitrogen and oxygen atoms in total. The number of aryl methyl sites for hydroxylation is 1. The molecule has 1 aromatic heterocycles. The minimum absolute atomic E-state index is 0.0184. The molecular weight excluding hydrogens is 538 g/mol. The lowest BCUT2D eigenvalue weighted by atomic mass is 10.0. The van der Waals surface area contributed by atoms with Gasteiger partial charge in [-0.25, -0.2) is 13.2 Å². The van der Waals surface area contributed by atoms with Crippen molar-refractivity contribution in [2.24, 2.45) is 0 Å². The van der Waals surface area contributed by atoms with Crippen LogP contribution in [0.15, 0.2) is 102 Å². The number of nitrogens with one attached hydrogen (secondary N) is 1. The second kappa shape index (κ2) is 12.2. The number of amides is 1. The third kappa shape index (κ3) is 7.08. The fourth-order valence-corrected chi connectivity index (χ4v) is 5.41. The fourth-order valence-electron chi connectivity index (χ4n) is 3.88. The van der Waals surface area contributed by atoms with Crippen LogP contribution in [0.1, 0.15) is 38.8 Å². The normalized spacial score (nSPS) is 12.2. The monoisotopic (exact) mass is 563 g/mol. The Balaban J connectivity index is 1.54. The van der Waals surface area contributed by atoms with Crippen LogP contribution in [-0.4, -0.2) is 34.7 Å². The summed E-state index contributed by atoms with van der Waals surface area (Å²) in [6, 6.07) is 23.2. The molecule has 0 aliphatic carbocycles. The number of carbonyl (C=O) groups is 2. The summed E-state index contributed by atoms with van der Waals surface area (Å²) in [5.41, 5.74) is 2.87. The number of hydrogen-bond acceptors (Lipinski definition) is 5. The maximum atomic E-state index is 13.5. The molecule has 1 atom stereocenters. The topological polar surface area (TPSA) is 117 Å². The molecule has 3 aromatic carbocycles. The smallest absolute Gasteiger partial charge is 0.330 e. The van der Waals surface area contributed by atoms with Crippen molar-refractivity contribution in [3.63, 3.8) is 0 Å². The maximum Gasteiger partial charge on any atom is 0.330 e. The fraction of sp³-hybridized carbons (Fsp3) is 0.138. The van der Waals surface area contributed by atoms with Crippen LogP contribution in [0.25, 0.3) is 0 Å². The molecule has 4 aromatic rings. The Morgan fingerprint density at radius 2 is 1.59 bits per heavy atom. The average Bonchev–Trinajstić information content (AvgIpc) is 2.93. The van der Waals surface area contributed by atoms with E-state index in [4.69, 9.17) is 11.6 Å². The zero-order chi connectivity index (χ0) is 28.0. The highest BCUT2D eigenvalue weighted by Crippen LogP contribution is 2.23. The van der Waals surface area contributed by atoms with Crippen LogP contribution in [0.5, 0.6) is 0 Å². The van der Waals surface area contributed by atoms with Gasteiger partial charge in [-0.15, -0.1) is 0 Å². The molecule has 0 saturated carbocycles. The number of carbonyl (C=O) groups excluding carboxylic acids is 1. The van der Waals surface area contributed by atoms with Crippen molar-refractivity contribution < 1.29 is 23.1 Å². The molecule has 200 valence electrons. The molecule has 0 fully saturated rings. The summed E-state index contributed by atoms with van der Waals surface area (Å²) >= 11 is 5.95. The molecule has 0 aliphatic rings. The molecule has 0 spiro atoms. The Bertz CT molecular complexity index is 1540. The first-order chi connectivity index (χ1) is 18.6. The second-order valence-electron chi connectivity index (χ2n) is 8.90. The molecule has 0 aliphatic heterocycles. The van der Waals surface area contributed by atoms with E-state index in [0.29, 0.717) is 21.8 Å². The van der Waals surface area contributed by atoms with Crippen LogP contribution in [0.3, 0.4) is 0 Å². The number of aromatic nitrogens is 1. The average molecular weight is 564 g/mol. The first-order valence-electron chi connectivity index (χ1n) is 12.0. The van der Waals surface area contributed by atoms with Gasteiger partial charge in [0, 0.05) is 23.3 Å². The number of aliphatic carboxylic acids is 1. The zero-order valence-corrected chi connectivity index (χ0v) is 22.6. The highest BCUT2D eigenvalue weighted by atomic mass is 35.5. The van der Waals surface area contributed by atoms with E-state index in [1.54, 1.807) is 60.8 Å². The molecule has 1 unspecified atom stereocenters. The molecule has 0 saturated heterocycles. The second-order valence-corrected chi connectivity index (χ2v) is 11.3. The minimum atomic E-state index is -3.91. The van der Waals surface area contributed by atoms with Crippen molar-refractivity contribution in [2.45, 2.75) is 31.0 Å². The van der Waals surface area contributed by atoms with Crippen LogP contribution >= 0.6 is 11.6 Å². The number of sulfonamides is 1. The molecular formula is C29H26ClN3O5S. The molecule has 1 heterocycles. The van der Waals surface area contributed by atoms with Gasteiger partial charge in [0.2, 0.25) is 10.0 Å².